The minimum Gasteiger partial charge on any atom is -0.756 e. The fourth-order valence-corrected chi connectivity index (χ4v) is 5.88. The molecule has 0 spiro atoms. The summed E-state index contributed by atoms with van der Waals surface area (Å²) in [4.78, 5) is 24.5. The van der Waals surface area contributed by atoms with E-state index in [0.717, 1.165) is 41.7 Å². The van der Waals surface area contributed by atoms with Gasteiger partial charge >= 0.3 is 0 Å². The van der Waals surface area contributed by atoms with Crippen molar-refractivity contribution in [3.8, 4) is 5.75 Å². The summed E-state index contributed by atoms with van der Waals surface area (Å²) in [6.07, 6.45) is 18.6. The van der Waals surface area contributed by atoms with E-state index < -0.39 is 7.82 Å². The van der Waals surface area contributed by atoms with Crippen molar-refractivity contribution in [2.45, 2.75) is 130 Å². The van der Waals surface area contributed by atoms with E-state index in [9.17, 15) is 14.3 Å². The number of nitrogens with zero attached hydrogens (tertiary/aromatic N) is 1. The van der Waals surface area contributed by atoms with E-state index in [1.807, 2.05) is 31.2 Å². The summed E-state index contributed by atoms with van der Waals surface area (Å²) >= 11 is 0. The average Bonchev–Trinajstić information content (AvgIpc) is 2.98. The molecule has 2 atom stereocenters. The number of hydrogen-bond donors (Lipinski definition) is 0. The zero-order chi connectivity index (χ0) is 31.8. The Morgan fingerprint density at radius 1 is 0.791 bits per heavy atom. The molecule has 1 rings (SSSR count). The number of benzene rings is 1. The smallest absolute Gasteiger partial charge is 0.267 e. The number of phosphoric acid groups is 1. The van der Waals surface area contributed by atoms with E-state index >= 15 is 0 Å². The topological polar surface area (TPSA) is 84.9 Å². The lowest BCUT2D eigenvalue weighted by molar-refractivity contribution is -0.888. The largest absolute Gasteiger partial charge is 0.756 e. The van der Waals surface area contributed by atoms with Crippen LogP contribution in [-0.2, 0) is 24.8 Å². The second-order valence-electron chi connectivity index (χ2n) is 12.8. The first-order valence-corrected chi connectivity index (χ1v) is 18.7. The highest BCUT2D eigenvalue weighted by Crippen LogP contribution is 2.39. The van der Waals surface area contributed by atoms with Crippen LogP contribution in [0.25, 0.3) is 0 Å². The fourth-order valence-electron chi connectivity index (χ4n) is 5.05. The first-order valence-electron chi connectivity index (χ1n) is 17.3. The van der Waals surface area contributed by atoms with Crippen LogP contribution in [0.15, 0.2) is 24.3 Å². The van der Waals surface area contributed by atoms with Gasteiger partial charge in [0.1, 0.15) is 11.5 Å². The summed E-state index contributed by atoms with van der Waals surface area (Å²) in [7, 11) is -0.111. The van der Waals surface area contributed by atoms with Crippen LogP contribution in [0.1, 0.15) is 129 Å². The molecule has 0 fully saturated rings. The van der Waals surface area contributed by atoms with Crippen LogP contribution in [0.5, 0.6) is 5.75 Å². The lowest BCUT2D eigenvalue weighted by Crippen LogP contribution is -2.40. The zero-order valence-corrected chi connectivity index (χ0v) is 29.2. The van der Waals surface area contributed by atoms with Gasteiger partial charge in [0, 0.05) is 12.8 Å². The number of Topliss-reactive ketones (excluding diaryl/α,β-unsaturated/α-hetero) is 1. The highest BCUT2D eigenvalue weighted by molar-refractivity contribution is 7.45. The molecule has 0 saturated heterocycles. The van der Waals surface area contributed by atoms with Gasteiger partial charge in [-0.05, 0) is 56.2 Å². The summed E-state index contributed by atoms with van der Waals surface area (Å²) in [5, 5.41) is 0. The van der Waals surface area contributed by atoms with Gasteiger partial charge < -0.3 is 23.2 Å². The third-order valence-electron chi connectivity index (χ3n) is 8.36. The quantitative estimate of drug-likeness (QED) is 0.0503. The molecule has 8 heteroatoms. The van der Waals surface area contributed by atoms with Gasteiger partial charge in [-0.2, -0.15) is 0 Å². The van der Waals surface area contributed by atoms with Gasteiger partial charge in [0.15, 0.2) is 0 Å². The molecule has 0 amide bonds. The third kappa shape index (κ3) is 22.0. The van der Waals surface area contributed by atoms with Crippen molar-refractivity contribution < 1.29 is 32.5 Å². The molecule has 1 aromatic rings. The second-order valence-corrected chi connectivity index (χ2v) is 14.2. The molecule has 7 nitrogen and oxygen atoms in total. The highest BCUT2D eigenvalue weighted by atomic mass is 31.2. The average molecular weight is 626 g/mol. The number of quaternary nitrogens is 1. The predicted molar refractivity (Wildman–Crippen MR) is 176 cm³/mol. The van der Waals surface area contributed by atoms with Crippen molar-refractivity contribution >= 4 is 13.6 Å². The molecule has 0 aromatic heterocycles. The zero-order valence-electron chi connectivity index (χ0n) is 28.3. The Bertz CT molecular complexity index is 876. The molecule has 0 N–H and O–H groups in total. The first-order chi connectivity index (χ1) is 20.6. The Hall–Kier alpha value is -1.24. The molecule has 0 aliphatic heterocycles. The summed E-state index contributed by atoms with van der Waals surface area (Å²) < 4.78 is 29.5. The fraction of sp³-hybridized carbons (Fsp3) is 0.800. The van der Waals surface area contributed by atoms with Gasteiger partial charge in [-0.25, -0.2) is 0 Å². The third-order valence-corrected chi connectivity index (χ3v) is 9.32. The standard InChI is InChI=1S/C35H64NO6P/c1-6-9-10-11-12-13-14-15-16-17-18-20-27-40-35-24-22-32(23-25-35)29-33(30-34(37)7-2)31-42-43(38,39)41-28-21-19-26-36(4,5)8-3/h22-25,33H,6-21,26-31H2,1-5H3. The number of carbonyl (C=O) groups is 1. The molecule has 0 aliphatic carbocycles. The van der Waals surface area contributed by atoms with Crippen LogP contribution in [0.2, 0.25) is 0 Å². The number of carbonyl (C=O) groups excluding carboxylic acids is 1. The van der Waals surface area contributed by atoms with Gasteiger partial charge in [-0.15, -0.1) is 0 Å². The minimum absolute atomic E-state index is 0.0660. The van der Waals surface area contributed by atoms with E-state index in [1.54, 1.807) is 0 Å². The highest BCUT2D eigenvalue weighted by Gasteiger charge is 2.19. The number of unbranched alkanes of at least 4 members (excludes halogenated alkanes) is 12. The Kier molecular flexibility index (Phi) is 22.3. The Balaban J connectivity index is 2.33. The van der Waals surface area contributed by atoms with Gasteiger partial charge in [0.05, 0.1) is 47.0 Å². The van der Waals surface area contributed by atoms with Gasteiger partial charge in [0.2, 0.25) is 0 Å². The van der Waals surface area contributed by atoms with Crippen molar-refractivity contribution in [1.82, 2.24) is 0 Å². The number of ether oxygens (including phenoxy) is 1. The molecule has 0 aliphatic rings. The monoisotopic (exact) mass is 625 g/mol. The number of rotatable bonds is 29. The van der Waals surface area contributed by atoms with Crippen LogP contribution in [0.4, 0.5) is 0 Å². The molecule has 2 unspecified atom stereocenters. The minimum atomic E-state index is -4.42. The van der Waals surface area contributed by atoms with Crippen molar-refractivity contribution in [3.63, 3.8) is 0 Å². The second kappa shape index (κ2) is 24.1. The van der Waals surface area contributed by atoms with Crippen LogP contribution in [0, 0.1) is 5.92 Å². The first kappa shape index (κ1) is 39.8. The normalized spacial score (nSPS) is 14.0. The summed E-state index contributed by atoms with van der Waals surface area (Å²) in [6, 6.07) is 7.89. The molecule has 250 valence electrons. The maximum atomic E-state index is 12.3. The van der Waals surface area contributed by atoms with E-state index in [0.29, 0.717) is 25.9 Å². The predicted octanol–water partition coefficient (Wildman–Crippen LogP) is 8.67. The molecular weight excluding hydrogens is 561 g/mol. The molecular formula is C35H64NO6P. The summed E-state index contributed by atoms with van der Waals surface area (Å²) in [6.45, 7) is 8.98. The van der Waals surface area contributed by atoms with Crippen LogP contribution in [-0.4, -0.2) is 57.3 Å². The molecule has 0 saturated carbocycles. The Morgan fingerprint density at radius 2 is 1.35 bits per heavy atom. The number of hydrogen-bond acceptors (Lipinski definition) is 6. The molecule has 0 heterocycles. The summed E-state index contributed by atoms with van der Waals surface area (Å²) in [5.74, 6) is 0.686. The van der Waals surface area contributed by atoms with Crippen molar-refractivity contribution in [2.24, 2.45) is 5.92 Å². The van der Waals surface area contributed by atoms with E-state index in [1.165, 1.54) is 70.6 Å². The SMILES string of the molecule is CCCCCCCCCCCCCCOc1ccc(CC(COP(=O)([O-])OCCCC[N+](C)(C)CC)CC(=O)CC)cc1. The lowest BCUT2D eigenvalue weighted by atomic mass is 9.94. The molecule has 0 bridgehead atoms. The van der Waals surface area contributed by atoms with Crippen molar-refractivity contribution in [2.75, 3.05) is 47.0 Å². The van der Waals surface area contributed by atoms with E-state index in [4.69, 9.17) is 13.8 Å². The Morgan fingerprint density at radius 3 is 1.91 bits per heavy atom. The van der Waals surface area contributed by atoms with Gasteiger partial charge in [-0.1, -0.05) is 96.6 Å². The summed E-state index contributed by atoms with van der Waals surface area (Å²) in [5.41, 5.74) is 1.02. The number of phosphoric ester groups is 1. The maximum absolute atomic E-state index is 12.3. The lowest BCUT2D eigenvalue weighted by Gasteiger charge is -2.28. The van der Waals surface area contributed by atoms with Crippen LogP contribution < -0.4 is 9.63 Å². The molecule has 0 radical (unpaired) electrons. The van der Waals surface area contributed by atoms with Gasteiger partial charge in [-0.3, -0.25) is 9.36 Å². The maximum Gasteiger partial charge on any atom is 0.267 e. The van der Waals surface area contributed by atoms with Crippen LogP contribution >= 0.6 is 7.82 Å². The molecule has 43 heavy (non-hydrogen) atoms. The van der Waals surface area contributed by atoms with E-state index in [2.05, 4.69) is 27.9 Å². The van der Waals surface area contributed by atoms with Crippen LogP contribution in [0.3, 0.4) is 0 Å². The van der Waals surface area contributed by atoms with Crippen molar-refractivity contribution in [3.05, 3.63) is 29.8 Å². The Labute approximate surface area is 264 Å². The van der Waals surface area contributed by atoms with E-state index in [-0.39, 0.29) is 31.3 Å². The van der Waals surface area contributed by atoms with Gasteiger partial charge in [0.25, 0.3) is 7.82 Å². The molecule has 1 aromatic carbocycles. The van der Waals surface area contributed by atoms with Crippen molar-refractivity contribution in [1.29, 1.82) is 0 Å². The number of ketones is 1.